The second-order valence-electron chi connectivity index (χ2n) is 7.66. The zero-order chi connectivity index (χ0) is 19.3. The van der Waals surface area contributed by atoms with Gasteiger partial charge in [0.1, 0.15) is 10.6 Å². The van der Waals surface area contributed by atoms with Crippen LogP contribution in [0.5, 0.6) is 5.75 Å². The molecular weight excluding hydrogens is 368 g/mol. The van der Waals surface area contributed by atoms with Crippen molar-refractivity contribution < 1.29 is 22.7 Å². The summed E-state index contributed by atoms with van der Waals surface area (Å²) in [7, 11) is -2.25. The van der Waals surface area contributed by atoms with Crippen molar-refractivity contribution in [2.24, 2.45) is 0 Å². The zero-order valence-electron chi connectivity index (χ0n) is 15.6. The Hall–Kier alpha value is -1.93. The number of sulfonamides is 1. The lowest BCUT2D eigenvalue weighted by Gasteiger charge is -2.40. The molecule has 0 unspecified atom stereocenters. The molecule has 1 aromatic rings. The molecule has 27 heavy (non-hydrogen) atoms. The highest BCUT2D eigenvalue weighted by molar-refractivity contribution is 7.89. The van der Waals surface area contributed by atoms with E-state index in [4.69, 9.17) is 4.74 Å². The van der Waals surface area contributed by atoms with Gasteiger partial charge in [-0.15, -0.1) is 0 Å². The summed E-state index contributed by atoms with van der Waals surface area (Å²) < 4.78 is 33.8. The molecule has 8 heteroatoms. The summed E-state index contributed by atoms with van der Waals surface area (Å²) in [4.78, 5) is 25.8. The van der Waals surface area contributed by atoms with Gasteiger partial charge in [0.25, 0.3) is 0 Å². The van der Waals surface area contributed by atoms with E-state index >= 15 is 0 Å². The van der Waals surface area contributed by atoms with Crippen LogP contribution in [0.1, 0.15) is 44.1 Å². The fraction of sp³-hybridized carbons (Fsp3) is 0.579. The van der Waals surface area contributed by atoms with Crippen molar-refractivity contribution in [3.05, 3.63) is 23.8 Å². The molecule has 0 aliphatic carbocycles. The number of imide groups is 1. The topological polar surface area (TPSA) is 84.0 Å². The normalized spacial score (nSPS) is 28.8. The molecule has 0 radical (unpaired) electrons. The molecule has 3 aliphatic heterocycles. The number of nitrogens with zero attached hydrogens (tertiary/aromatic N) is 2. The van der Waals surface area contributed by atoms with E-state index in [1.165, 1.54) is 12.0 Å². The molecule has 0 N–H and O–H groups in total. The molecular formula is C19H24N2O5S. The smallest absolute Gasteiger partial charge is 0.247 e. The van der Waals surface area contributed by atoms with E-state index in [9.17, 15) is 18.0 Å². The van der Waals surface area contributed by atoms with Crippen LogP contribution in [0.15, 0.2) is 23.1 Å². The predicted octanol–water partition coefficient (Wildman–Crippen LogP) is 1.84. The van der Waals surface area contributed by atoms with Gasteiger partial charge in [-0.25, -0.2) is 8.42 Å². The molecule has 2 atom stereocenters. The third-order valence-corrected chi connectivity index (χ3v) is 8.00. The summed E-state index contributed by atoms with van der Waals surface area (Å²) in [6, 6.07) is 4.58. The molecule has 4 rings (SSSR count). The lowest BCUT2D eigenvalue weighted by molar-refractivity contribution is -0.142. The highest BCUT2D eigenvalue weighted by atomic mass is 32.2. The maximum absolute atomic E-state index is 13.4. The Bertz CT molecular complexity index is 867. The monoisotopic (exact) mass is 392 g/mol. The Balaban J connectivity index is 1.64. The van der Waals surface area contributed by atoms with Gasteiger partial charge < -0.3 is 4.74 Å². The molecule has 0 saturated carbocycles. The number of hydrogen-bond donors (Lipinski definition) is 0. The summed E-state index contributed by atoms with van der Waals surface area (Å²) in [5.74, 6) is 0.0918. The van der Waals surface area contributed by atoms with Gasteiger partial charge in [0.05, 0.1) is 7.11 Å². The van der Waals surface area contributed by atoms with Gasteiger partial charge in [0.15, 0.2) is 0 Å². The molecule has 3 saturated heterocycles. The molecule has 2 amide bonds. The second-order valence-corrected chi connectivity index (χ2v) is 9.47. The lowest BCUT2D eigenvalue weighted by atomic mass is 9.98. The summed E-state index contributed by atoms with van der Waals surface area (Å²) >= 11 is 0. The third kappa shape index (κ3) is 2.95. The number of carbonyl (C=O) groups is 2. The summed E-state index contributed by atoms with van der Waals surface area (Å²) in [6.07, 6.45) is 3.08. The fourth-order valence-electron chi connectivity index (χ4n) is 4.81. The Morgan fingerprint density at radius 2 is 1.59 bits per heavy atom. The van der Waals surface area contributed by atoms with Crippen LogP contribution < -0.4 is 4.74 Å². The maximum Gasteiger partial charge on any atom is 0.247 e. The van der Waals surface area contributed by atoms with Crippen LogP contribution in [0.2, 0.25) is 0 Å². The number of piperidine rings is 1. The van der Waals surface area contributed by atoms with Gasteiger partial charge >= 0.3 is 0 Å². The number of carbonyl (C=O) groups excluding carboxylic acids is 2. The molecule has 1 aromatic carbocycles. The van der Waals surface area contributed by atoms with Gasteiger partial charge in [0, 0.05) is 31.0 Å². The number of benzene rings is 1. The van der Waals surface area contributed by atoms with E-state index < -0.39 is 10.0 Å². The van der Waals surface area contributed by atoms with Crippen LogP contribution >= 0.6 is 0 Å². The molecule has 3 fully saturated rings. The van der Waals surface area contributed by atoms with Gasteiger partial charge in [-0.1, -0.05) is 6.07 Å². The standard InChI is InChI=1S/C19H24N2O5S/c1-12-3-6-16(26-2)17(9-12)27(24,25)21-13-4-5-14(21)11-15(10-13)20-18(22)7-8-19(20)23/h3,6,9,13-15H,4-5,7-8,10-11H2,1-2H3/t13-,14-/m0/s1. The third-order valence-electron chi connectivity index (χ3n) is 5.97. The Morgan fingerprint density at radius 1 is 1.00 bits per heavy atom. The number of aryl methyl sites for hydroxylation is 1. The minimum absolute atomic E-state index is 0.124. The van der Waals surface area contributed by atoms with Crippen LogP contribution in [0, 0.1) is 6.92 Å². The van der Waals surface area contributed by atoms with E-state index in [1.54, 1.807) is 16.4 Å². The predicted molar refractivity (Wildman–Crippen MR) is 97.7 cm³/mol. The van der Waals surface area contributed by atoms with Crippen molar-refractivity contribution in [1.82, 2.24) is 9.21 Å². The van der Waals surface area contributed by atoms with E-state index in [2.05, 4.69) is 0 Å². The SMILES string of the molecule is COc1ccc(C)cc1S(=O)(=O)N1[C@H]2CC[C@H]1CC(N1C(=O)CCC1=O)C2. The van der Waals surface area contributed by atoms with Crippen LogP contribution in [0.4, 0.5) is 0 Å². The number of rotatable bonds is 4. The number of likely N-dealkylation sites (tertiary alicyclic amines) is 1. The first-order valence-electron chi connectivity index (χ1n) is 9.36. The first-order valence-corrected chi connectivity index (χ1v) is 10.8. The first kappa shape index (κ1) is 18.4. The van der Waals surface area contributed by atoms with Gasteiger partial charge in [-0.3, -0.25) is 14.5 Å². The molecule has 146 valence electrons. The second kappa shape index (κ2) is 6.60. The Kier molecular flexibility index (Phi) is 4.50. The van der Waals surface area contributed by atoms with Crippen molar-refractivity contribution in [3.8, 4) is 5.75 Å². The minimum Gasteiger partial charge on any atom is -0.495 e. The maximum atomic E-state index is 13.4. The molecule has 3 aliphatic rings. The average molecular weight is 392 g/mol. The number of amides is 2. The Morgan fingerprint density at radius 3 is 2.15 bits per heavy atom. The number of fused-ring (bicyclic) bond motifs is 2. The molecule has 3 heterocycles. The number of ether oxygens (including phenoxy) is 1. The summed E-state index contributed by atoms with van der Waals surface area (Å²) in [6.45, 7) is 1.85. The quantitative estimate of drug-likeness (QED) is 0.730. The van der Waals surface area contributed by atoms with Gasteiger partial charge in [-0.2, -0.15) is 4.31 Å². The highest BCUT2D eigenvalue weighted by Crippen LogP contribution is 2.43. The largest absolute Gasteiger partial charge is 0.495 e. The van der Waals surface area contributed by atoms with Crippen molar-refractivity contribution >= 4 is 21.8 Å². The van der Waals surface area contributed by atoms with Crippen LogP contribution in [0.25, 0.3) is 0 Å². The number of methoxy groups -OCH3 is 1. The lowest BCUT2D eigenvalue weighted by Crippen LogP contribution is -2.53. The Labute approximate surface area is 159 Å². The van der Waals surface area contributed by atoms with E-state index in [-0.39, 0.29) is 47.7 Å². The van der Waals surface area contributed by atoms with E-state index in [0.717, 1.165) is 18.4 Å². The van der Waals surface area contributed by atoms with Crippen LogP contribution in [0.3, 0.4) is 0 Å². The molecule has 0 spiro atoms. The summed E-state index contributed by atoms with van der Waals surface area (Å²) in [5.41, 5.74) is 0.852. The molecule has 7 nitrogen and oxygen atoms in total. The highest BCUT2D eigenvalue weighted by Gasteiger charge is 2.51. The van der Waals surface area contributed by atoms with Crippen LogP contribution in [-0.2, 0) is 19.6 Å². The van der Waals surface area contributed by atoms with E-state index in [0.29, 0.717) is 18.6 Å². The minimum atomic E-state index is -3.72. The van der Waals surface area contributed by atoms with Crippen molar-refractivity contribution in [3.63, 3.8) is 0 Å². The molecule has 2 bridgehead atoms. The van der Waals surface area contributed by atoms with E-state index in [1.807, 2.05) is 13.0 Å². The van der Waals surface area contributed by atoms with Crippen molar-refractivity contribution in [2.45, 2.75) is 68.5 Å². The van der Waals surface area contributed by atoms with Gasteiger partial charge in [-0.05, 0) is 50.3 Å². The van der Waals surface area contributed by atoms with Gasteiger partial charge in [0.2, 0.25) is 21.8 Å². The fourth-order valence-corrected chi connectivity index (χ4v) is 6.94. The summed E-state index contributed by atoms with van der Waals surface area (Å²) in [5, 5.41) is 0. The van der Waals surface area contributed by atoms with Crippen molar-refractivity contribution in [1.29, 1.82) is 0 Å². The van der Waals surface area contributed by atoms with Crippen LogP contribution in [-0.4, -0.2) is 54.7 Å². The number of hydrogen-bond acceptors (Lipinski definition) is 5. The average Bonchev–Trinajstić information content (AvgIpc) is 3.11. The zero-order valence-corrected chi connectivity index (χ0v) is 16.4. The first-order chi connectivity index (χ1) is 12.8. The molecule has 0 aromatic heterocycles. The van der Waals surface area contributed by atoms with Crippen molar-refractivity contribution in [2.75, 3.05) is 7.11 Å².